The summed E-state index contributed by atoms with van der Waals surface area (Å²) >= 11 is 0. The number of alkyl halides is 5. The quantitative estimate of drug-likeness (QED) is 0.668. The molecule has 0 aliphatic heterocycles. The molecule has 5 nitrogen and oxygen atoms in total. The number of rotatable bonds is 3. The molecular formula is C15H11F5N4O. The van der Waals surface area contributed by atoms with Crippen molar-refractivity contribution in [3.05, 3.63) is 47.3 Å². The van der Waals surface area contributed by atoms with Crippen LogP contribution in [0.2, 0.25) is 0 Å². The lowest BCUT2D eigenvalue weighted by Gasteiger charge is -2.12. The molecule has 25 heavy (non-hydrogen) atoms. The van der Waals surface area contributed by atoms with E-state index in [-0.39, 0.29) is 11.3 Å². The van der Waals surface area contributed by atoms with Gasteiger partial charge in [0.05, 0.1) is 11.3 Å². The largest absolute Gasteiger partial charge is 0.419 e. The van der Waals surface area contributed by atoms with E-state index in [2.05, 4.69) is 20.0 Å². The van der Waals surface area contributed by atoms with E-state index in [4.69, 9.17) is 0 Å². The summed E-state index contributed by atoms with van der Waals surface area (Å²) in [5, 5.41) is 11.0. The first-order valence-corrected chi connectivity index (χ1v) is 6.97. The predicted molar refractivity (Wildman–Crippen MR) is 76.9 cm³/mol. The van der Waals surface area contributed by atoms with E-state index in [0.717, 1.165) is 23.8 Å². The van der Waals surface area contributed by atoms with Gasteiger partial charge < -0.3 is 4.74 Å². The van der Waals surface area contributed by atoms with E-state index in [0.29, 0.717) is 11.1 Å². The van der Waals surface area contributed by atoms with Gasteiger partial charge in [0.1, 0.15) is 0 Å². The summed E-state index contributed by atoms with van der Waals surface area (Å²) in [6.45, 7) is 1.48. The number of hydrogen-bond donors (Lipinski definition) is 0. The molecule has 0 fully saturated rings. The maximum atomic E-state index is 13.7. The predicted octanol–water partition coefficient (Wildman–Crippen LogP) is 3.81. The van der Waals surface area contributed by atoms with Crippen molar-refractivity contribution in [3.8, 4) is 11.3 Å². The molecule has 0 radical (unpaired) electrons. The first kappa shape index (κ1) is 17.2. The zero-order valence-corrected chi connectivity index (χ0v) is 13.0. The smallest absolute Gasteiger partial charge is 0.317 e. The fourth-order valence-corrected chi connectivity index (χ4v) is 2.33. The van der Waals surface area contributed by atoms with Gasteiger partial charge in [0.2, 0.25) is 0 Å². The summed E-state index contributed by atoms with van der Waals surface area (Å²) in [4.78, 5) is 0. The lowest BCUT2D eigenvalue weighted by Crippen LogP contribution is -2.20. The summed E-state index contributed by atoms with van der Waals surface area (Å²) in [6.07, 6.45) is -8.18. The Morgan fingerprint density at radius 2 is 1.72 bits per heavy atom. The summed E-state index contributed by atoms with van der Waals surface area (Å²) in [5.74, 6) is -0.823. The Morgan fingerprint density at radius 1 is 1.00 bits per heavy atom. The minimum atomic E-state index is -4.47. The molecule has 0 amide bonds. The van der Waals surface area contributed by atoms with Gasteiger partial charge in [0.25, 0.3) is 5.82 Å². The second-order valence-electron chi connectivity index (χ2n) is 5.26. The van der Waals surface area contributed by atoms with Crippen LogP contribution in [-0.2, 0) is 17.0 Å². The van der Waals surface area contributed by atoms with Crippen LogP contribution in [0.25, 0.3) is 16.9 Å². The van der Waals surface area contributed by atoms with E-state index in [1.807, 2.05) is 0 Å². The number of methoxy groups -OCH3 is 1. The molecule has 3 rings (SSSR count). The van der Waals surface area contributed by atoms with E-state index in [1.54, 1.807) is 0 Å². The summed E-state index contributed by atoms with van der Waals surface area (Å²) in [5.41, 5.74) is 0.127. The van der Waals surface area contributed by atoms with Crippen molar-refractivity contribution in [2.45, 2.75) is 19.2 Å². The van der Waals surface area contributed by atoms with Gasteiger partial charge in [-0.1, -0.05) is 6.07 Å². The third-order valence-corrected chi connectivity index (χ3v) is 3.61. The number of hydrogen-bond acceptors (Lipinski definition) is 4. The van der Waals surface area contributed by atoms with Crippen LogP contribution < -0.4 is 0 Å². The Bertz CT molecular complexity index is 935. The van der Waals surface area contributed by atoms with Crippen LogP contribution >= 0.6 is 0 Å². The molecule has 0 N–H and O–H groups in total. The number of nitrogens with zero attached hydrogens (tertiary/aromatic N) is 4. The molecule has 2 aromatic heterocycles. The zero-order valence-electron chi connectivity index (χ0n) is 13.0. The highest BCUT2D eigenvalue weighted by Crippen LogP contribution is 2.33. The third-order valence-electron chi connectivity index (χ3n) is 3.61. The zero-order chi connectivity index (χ0) is 18.4. The number of benzene rings is 1. The van der Waals surface area contributed by atoms with Crippen molar-refractivity contribution in [2.75, 3.05) is 7.11 Å². The molecule has 3 aromatic rings. The molecule has 0 saturated heterocycles. The normalized spacial score (nSPS) is 12.8. The molecule has 0 aliphatic rings. The van der Waals surface area contributed by atoms with E-state index in [9.17, 15) is 22.0 Å². The monoisotopic (exact) mass is 358 g/mol. The van der Waals surface area contributed by atoms with Crippen LogP contribution in [0, 0.1) is 6.92 Å². The molecule has 0 atom stereocenters. The molecule has 2 heterocycles. The number of ether oxygens (including phenoxy) is 1. The van der Waals surface area contributed by atoms with Crippen molar-refractivity contribution in [1.29, 1.82) is 0 Å². The van der Waals surface area contributed by atoms with E-state index >= 15 is 0 Å². The van der Waals surface area contributed by atoms with E-state index < -0.39 is 23.7 Å². The van der Waals surface area contributed by atoms with Crippen LogP contribution in [0.5, 0.6) is 0 Å². The van der Waals surface area contributed by atoms with Gasteiger partial charge in [-0.3, -0.25) is 0 Å². The molecule has 0 spiro atoms. The van der Waals surface area contributed by atoms with Crippen LogP contribution in [-0.4, -0.2) is 26.9 Å². The van der Waals surface area contributed by atoms with Crippen LogP contribution in [0.15, 0.2) is 30.3 Å². The van der Waals surface area contributed by atoms with Crippen molar-refractivity contribution < 1.29 is 26.7 Å². The summed E-state index contributed by atoms with van der Waals surface area (Å²) in [6, 6.07) is 5.98. The topological polar surface area (TPSA) is 52.3 Å². The Balaban J connectivity index is 2.12. The molecular weight excluding hydrogens is 347 g/mol. The molecule has 0 bridgehead atoms. The van der Waals surface area contributed by atoms with Gasteiger partial charge in [0, 0.05) is 12.7 Å². The SMILES string of the molecule is COC(F)(F)c1nnc2ccc(-c3ccc(C(F)(F)F)cc3C)nn12. The Morgan fingerprint density at radius 3 is 2.32 bits per heavy atom. The van der Waals surface area contributed by atoms with Crippen molar-refractivity contribution >= 4 is 5.65 Å². The fraction of sp³-hybridized carbons (Fsp3) is 0.267. The minimum absolute atomic E-state index is 0.0556. The molecule has 0 unspecified atom stereocenters. The average Bonchev–Trinajstić information content (AvgIpc) is 2.97. The molecule has 1 aromatic carbocycles. The van der Waals surface area contributed by atoms with Crippen LogP contribution in [0.3, 0.4) is 0 Å². The first-order valence-electron chi connectivity index (χ1n) is 6.97. The lowest BCUT2D eigenvalue weighted by molar-refractivity contribution is -0.238. The maximum Gasteiger partial charge on any atom is 0.419 e. The lowest BCUT2D eigenvalue weighted by atomic mass is 10.0. The van der Waals surface area contributed by atoms with Crippen molar-refractivity contribution in [2.24, 2.45) is 0 Å². The minimum Gasteiger partial charge on any atom is -0.317 e. The Hall–Kier alpha value is -2.62. The molecule has 10 heteroatoms. The van der Waals surface area contributed by atoms with Gasteiger partial charge in [-0.15, -0.1) is 10.2 Å². The second-order valence-corrected chi connectivity index (χ2v) is 5.26. The Kier molecular flexibility index (Phi) is 3.94. The number of fused-ring (bicyclic) bond motifs is 1. The summed E-state index contributed by atoms with van der Waals surface area (Å²) < 4.78 is 70.6. The third kappa shape index (κ3) is 3.04. The molecule has 0 aliphatic carbocycles. The molecule has 132 valence electrons. The molecule has 0 saturated carbocycles. The maximum absolute atomic E-state index is 13.7. The van der Waals surface area contributed by atoms with Gasteiger partial charge in [-0.25, -0.2) is 0 Å². The van der Waals surface area contributed by atoms with Crippen LogP contribution in [0.1, 0.15) is 17.0 Å². The van der Waals surface area contributed by atoms with Gasteiger partial charge in [-0.2, -0.15) is 31.6 Å². The fourth-order valence-electron chi connectivity index (χ4n) is 2.33. The first-order chi connectivity index (χ1) is 11.6. The average molecular weight is 358 g/mol. The standard InChI is InChI=1S/C15H11F5N4O/c1-8-7-9(14(16,17)18)3-4-10(8)11-5-6-12-21-22-13(24(12)23-11)15(19,20)25-2/h3-7H,1-2H3. The van der Waals surface area contributed by atoms with Crippen LogP contribution in [0.4, 0.5) is 22.0 Å². The highest BCUT2D eigenvalue weighted by molar-refractivity contribution is 5.64. The number of aromatic nitrogens is 4. The second kappa shape index (κ2) is 5.73. The van der Waals surface area contributed by atoms with Gasteiger partial charge in [-0.05, 0) is 36.8 Å². The summed E-state index contributed by atoms with van der Waals surface area (Å²) in [7, 11) is 0.810. The van der Waals surface area contributed by atoms with Crippen molar-refractivity contribution in [3.63, 3.8) is 0 Å². The van der Waals surface area contributed by atoms with Gasteiger partial charge >= 0.3 is 12.3 Å². The number of aryl methyl sites for hydroxylation is 1. The Labute approximate surface area is 138 Å². The van der Waals surface area contributed by atoms with Crippen molar-refractivity contribution in [1.82, 2.24) is 19.8 Å². The number of halogens is 5. The highest BCUT2D eigenvalue weighted by atomic mass is 19.4. The van der Waals surface area contributed by atoms with Gasteiger partial charge in [0.15, 0.2) is 5.65 Å². The van der Waals surface area contributed by atoms with E-state index in [1.165, 1.54) is 25.1 Å². The highest BCUT2D eigenvalue weighted by Gasteiger charge is 2.38.